The molecule has 0 radical (unpaired) electrons. The number of rotatable bonds is 3. The highest BCUT2D eigenvalue weighted by molar-refractivity contribution is 5.68. The maximum absolute atomic E-state index is 12.6. The van der Waals surface area contributed by atoms with Gasteiger partial charge in [0, 0.05) is 37.8 Å². The fraction of sp³-hybridized carbons (Fsp3) is 0.591. The fourth-order valence-electron chi connectivity index (χ4n) is 4.40. The Morgan fingerprint density at radius 2 is 1.90 bits per heavy atom. The van der Waals surface area contributed by atoms with Crippen molar-refractivity contribution in [2.24, 2.45) is 7.05 Å². The van der Waals surface area contributed by atoms with Crippen molar-refractivity contribution in [1.82, 2.24) is 24.6 Å². The van der Waals surface area contributed by atoms with Crippen molar-refractivity contribution in [3.63, 3.8) is 0 Å². The summed E-state index contributed by atoms with van der Waals surface area (Å²) in [5.41, 5.74) is 0.641. The number of amides is 1. The Morgan fingerprint density at radius 3 is 2.55 bits per heavy atom. The Balaban J connectivity index is 1.46. The van der Waals surface area contributed by atoms with Crippen LogP contribution in [0.2, 0.25) is 0 Å². The van der Waals surface area contributed by atoms with Crippen LogP contribution in [0.1, 0.15) is 45.9 Å². The van der Waals surface area contributed by atoms with Gasteiger partial charge in [-0.3, -0.25) is 4.90 Å². The first-order valence-electron chi connectivity index (χ1n) is 10.4. The number of carbonyl (C=O) groups excluding carboxylic acids is 1. The van der Waals surface area contributed by atoms with E-state index in [0.717, 1.165) is 62.7 Å². The van der Waals surface area contributed by atoms with Crippen LogP contribution in [0, 0.1) is 0 Å². The van der Waals surface area contributed by atoms with Crippen molar-refractivity contribution in [3.8, 4) is 11.4 Å². The standard InChI is InChI=1S/C22H31N5O2/c1-21(2,3)29-20(28)26-13-8-11-22(16-26)12-14-27(22)15-18-23-24-19(25(18)4)17-9-6-5-7-10-17/h5-7,9-10H,8,11-16H2,1-4H3. The first kappa shape index (κ1) is 19.9. The molecule has 3 heterocycles. The lowest BCUT2D eigenvalue weighted by Crippen LogP contribution is -2.67. The summed E-state index contributed by atoms with van der Waals surface area (Å²) in [5, 5.41) is 8.88. The highest BCUT2D eigenvalue weighted by atomic mass is 16.6. The summed E-state index contributed by atoms with van der Waals surface area (Å²) < 4.78 is 7.69. The van der Waals surface area contributed by atoms with Gasteiger partial charge in [0.15, 0.2) is 5.82 Å². The molecule has 2 aromatic rings. The summed E-state index contributed by atoms with van der Waals surface area (Å²) in [5.74, 6) is 1.84. The number of aromatic nitrogens is 3. The summed E-state index contributed by atoms with van der Waals surface area (Å²) in [6.45, 7) is 9.02. The lowest BCUT2D eigenvalue weighted by molar-refractivity contribution is -0.0759. The van der Waals surface area contributed by atoms with Crippen LogP contribution in [0.3, 0.4) is 0 Å². The van der Waals surface area contributed by atoms with Crippen LogP contribution in [-0.2, 0) is 18.3 Å². The Bertz CT molecular complexity index is 873. The van der Waals surface area contributed by atoms with Crippen molar-refractivity contribution in [2.75, 3.05) is 19.6 Å². The smallest absolute Gasteiger partial charge is 0.410 e. The number of benzene rings is 1. The van der Waals surface area contributed by atoms with Gasteiger partial charge in [-0.25, -0.2) is 4.79 Å². The van der Waals surface area contributed by atoms with Crippen molar-refractivity contribution >= 4 is 6.09 Å². The molecule has 29 heavy (non-hydrogen) atoms. The first-order valence-corrected chi connectivity index (χ1v) is 10.4. The van der Waals surface area contributed by atoms with Gasteiger partial charge in [0.2, 0.25) is 0 Å². The minimum atomic E-state index is -0.465. The van der Waals surface area contributed by atoms with Crippen LogP contribution < -0.4 is 0 Å². The molecule has 7 nitrogen and oxygen atoms in total. The Morgan fingerprint density at radius 1 is 1.14 bits per heavy atom. The number of hydrogen-bond donors (Lipinski definition) is 0. The molecule has 1 atom stereocenters. The lowest BCUT2D eigenvalue weighted by Gasteiger charge is -2.56. The lowest BCUT2D eigenvalue weighted by atomic mass is 9.77. The molecule has 0 N–H and O–H groups in total. The van der Waals surface area contributed by atoms with E-state index in [0.29, 0.717) is 0 Å². The zero-order valence-corrected chi connectivity index (χ0v) is 17.9. The van der Waals surface area contributed by atoms with Gasteiger partial charge in [0.05, 0.1) is 6.54 Å². The van der Waals surface area contributed by atoms with Gasteiger partial charge in [-0.1, -0.05) is 30.3 Å². The number of ether oxygens (including phenoxy) is 1. The van der Waals surface area contributed by atoms with Crippen LogP contribution in [0.15, 0.2) is 30.3 Å². The predicted octanol–water partition coefficient (Wildman–Crippen LogP) is 3.46. The normalized spacial score (nSPS) is 22.6. The third kappa shape index (κ3) is 4.01. The summed E-state index contributed by atoms with van der Waals surface area (Å²) in [7, 11) is 2.03. The van der Waals surface area contributed by atoms with E-state index in [4.69, 9.17) is 4.74 Å². The topological polar surface area (TPSA) is 63.5 Å². The molecule has 2 fully saturated rings. The molecule has 0 bridgehead atoms. The molecular weight excluding hydrogens is 366 g/mol. The molecule has 0 aliphatic carbocycles. The maximum atomic E-state index is 12.6. The molecule has 156 valence electrons. The van der Waals surface area contributed by atoms with Crippen molar-refractivity contribution < 1.29 is 9.53 Å². The maximum Gasteiger partial charge on any atom is 0.410 e. The van der Waals surface area contributed by atoms with Crippen molar-refractivity contribution in [2.45, 2.75) is 57.7 Å². The molecule has 1 amide bonds. The molecule has 2 saturated heterocycles. The minimum absolute atomic E-state index is 0.0357. The molecule has 2 aliphatic heterocycles. The van der Waals surface area contributed by atoms with Gasteiger partial charge in [-0.05, 0) is 40.0 Å². The zero-order chi connectivity index (χ0) is 20.6. The van der Waals surface area contributed by atoms with E-state index in [1.165, 1.54) is 0 Å². The van der Waals surface area contributed by atoms with Crippen molar-refractivity contribution in [3.05, 3.63) is 36.2 Å². The van der Waals surface area contributed by atoms with E-state index >= 15 is 0 Å². The Labute approximate surface area is 172 Å². The van der Waals surface area contributed by atoms with Gasteiger partial charge in [0.25, 0.3) is 0 Å². The zero-order valence-electron chi connectivity index (χ0n) is 17.9. The fourth-order valence-corrected chi connectivity index (χ4v) is 4.40. The van der Waals surface area contributed by atoms with Crippen LogP contribution in [-0.4, -0.2) is 61.4 Å². The van der Waals surface area contributed by atoms with E-state index in [-0.39, 0.29) is 11.6 Å². The number of piperidine rings is 1. The third-order valence-electron chi connectivity index (χ3n) is 6.05. The van der Waals surface area contributed by atoms with Gasteiger partial charge in [-0.15, -0.1) is 10.2 Å². The second-order valence-corrected chi connectivity index (χ2v) is 9.27. The molecular formula is C22H31N5O2. The summed E-state index contributed by atoms with van der Waals surface area (Å²) in [6, 6.07) is 10.1. The summed E-state index contributed by atoms with van der Waals surface area (Å²) >= 11 is 0. The van der Waals surface area contributed by atoms with Crippen LogP contribution >= 0.6 is 0 Å². The van der Waals surface area contributed by atoms with E-state index in [9.17, 15) is 4.79 Å². The quantitative estimate of drug-likeness (QED) is 0.794. The van der Waals surface area contributed by atoms with Crippen LogP contribution in [0.5, 0.6) is 0 Å². The van der Waals surface area contributed by atoms with E-state index in [1.807, 2.05) is 50.9 Å². The molecule has 1 aromatic carbocycles. The second-order valence-electron chi connectivity index (χ2n) is 9.27. The third-order valence-corrected chi connectivity index (χ3v) is 6.05. The largest absolute Gasteiger partial charge is 0.444 e. The Kier molecular flexibility index (Phi) is 5.11. The molecule has 1 unspecified atom stereocenters. The van der Waals surface area contributed by atoms with E-state index in [2.05, 4.69) is 31.8 Å². The monoisotopic (exact) mass is 397 g/mol. The van der Waals surface area contributed by atoms with E-state index in [1.54, 1.807) is 0 Å². The summed E-state index contributed by atoms with van der Waals surface area (Å²) in [4.78, 5) is 16.9. The second kappa shape index (κ2) is 7.44. The predicted molar refractivity (Wildman–Crippen MR) is 111 cm³/mol. The summed E-state index contributed by atoms with van der Waals surface area (Å²) in [6.07, 6.45) is 3.02. The van der Waals surface area contributed by atoms with Crippen LogP contribution in [0.4, 0.5) is 4.79 Å². The molecule has 1 aromatic heterocycles. The number of carbonyl (C=O) groups is 1. The highest BCUT2D eigenvalue weighted by Crippen LogP contribution is 2.40. The minimum Gasteiger partial charge on any atom is -0.444 e. The van der Waals surface area contributed by atoms with Gasteiger partial charge >= 0.3 is 6.09 Å². The average Bonchev–Trinajstić information content (AvgIpc) is 3.05. The number of likely N-dealkylation sites (tertiary alicyclic amines) is 2. The van der Waals surface area contributed by atoms with Crippen LogP contribution in [0.25, 0.3) is 11.4 Å². The number of hydrogen-bond acceptors (Lipinski definition) is 5. The molecule has 7 heteroatoms. The molecule has 0 saturated carbocycles. The SMILES string of the molecule is Cn1c(CN2CCC23CCCN(C(=O)OC(C)(C)C)C3)nnc1-c1ccccc1. The Hall–Kier alpha value is -2.41. The number of nitrogens with zero attached hydrogens (tertiary/aromatic N) is 5. The molecule has 1 spiro atoms. The van der Waals surface area contributed by atoms with E-state index < -0.39 is 5.60 Å². The first-order chi connectivity index (χ1) is 13.8. The molecule has 4 rings (SSSR count). The van der Waals surface area contributed by atoms with Gasteiger partial charge in [0.1, 0.15) is 11.4 Å². The molecule has 2 aliphatic rings. The average molecular weight is 398 g/mol. The van der Waals surface area contributed by atoms with Gasteiger partial charge < -0.3 is 14.2 Å². The van der Waals surface area contributed by atoms with Crippen molar-refractivity contribution in [1.29, 1.82) is 0 Å². The van der Waals surface area contributed by atoms with Gasteiger partial charge in [-0.2, -0.15) is 0 Å². The highest BCUT2D eigenvalue weighted by Gasteiger charge is 2.48.